The average Bonchev–Trinajstić information content (AvgIpc) is 2.91. The van der Waals surface area contributed by atoms with Crippen LogP contribution in [0.3, 0.4) is 0 Å². The Morgan fingerprint density at radius 2 is 2.29 bits per heavy atom. The summed E-state index contributed by atoms with van der Waals surface area (Å²) in [6.07, 6.45) is 1.44. The van der Waals surface area contributed by atoms with Crippen LogP contribution in [0.4, 0.5) is 0 Å². The first-order valence-electron chi connectivity index (χ1n) is 6.18. The van der Waals surface area contributed by atoms with Gasteiger partial charge < -0.3 is 14.4 Å². The highest BCUT2D eigenvalue weighted by molar-refractivity contribution is 6.30. The highest BCUT2D eigenvalue weighted by Crippen LogP contribution is 2.32. The fraction of sp³-hybridized carbons (Fsp3) is 0.286. The SMILES string of the molecule is COc1ccc(Cl)cc1[C@H](C(=O)O)N(C)Cc1ccon1. The summed E-state index contributed by atoms with van der Waals surface area (Å²) in [5.41, 5.74) is 1.13. The number of nitrogens with zero attached hydrogens (tertiary/aromatic N) is 2. The number of benzene rings is 1. The number of likely N-dealkylation sites (N-methyl/N-ethyl adjacent to an activating group) is 1. The molecule has 2 aromatic rings. The van der Waals surface area contributed by atoms with Gasteiger partial charge in [0.25, 0.3) is 0 Å². The molecule has 1 heterocycles. The van der Waals surface area contributed by atoms with Crippen LogP contribution in [0.2, 0.25) is 5.02 Å². The molecule has 112 valence electrons. The minimum absolute atomic E-state index is 0.323. The summed E-state index contributed by atoms with van der Waals surface area (Å²) in [6.45, 7) is 0.323. The van der Waals surface area contributed by atoms with Gasteiger partial charge in [0.05, 0.1) is 12.8 Å². The molecule has 0 unspecified atom stereocenters. The molecule has 0 bridgehead atoms. The van der Waals surface area contributed by atoms with Crippen LogP contribution < -0.4 is 4.74 Å². The molecule has 1 N–H and O–H groups in total. The number of aromatic nitrogens is 1. The zero-order valence-corrected chi connectivity index (χ0v) is 12.4. The van der Waals surface area contributed by atoms with Crippen molar-refractivity contribution in [2.24, 2.45) is 0 Å². The lowest BCUT2D eigenvalue weighted by Gasteiger charge is -2.25. The molecule has 1 aromatic carbocycles. The second kappa shape index (κ2) is 6.60. The smallest absolute Gasteiger partial charge is 0.325 e. The van der Waals surface area contributed by atoms with E-state index in [9.17, 15) is 9.90 Å². The summed E-state index contributed by atoms with van der Waals surface area (Å²) >= 11 is 5.98. The van der Waals surface area contributed by atoms with Crippen molar-refractivity contribution in [2.75, 3.05) is 14.2 Å². The van der Waals surface area contributed by atoms with Crippen LogP contribution in [-0.2, 0) is 11.3 Å². The van der Waals surface area contributed by atoms with Crippen LogP contribution in [0.5, 0.6) is 5.75 Å². The minimum Gasteiger partial charge on any atom is -0.496 e. The van der Waals surface area contributed by atoms with E-state index >= 15 is 0 Å². The van der Waals surface area contributed by atoms with Gasteiger partial charge in [-0.05, 0) is 25.2 Å². The maximum absolute atomic E-state index is 11.7. The average molecular weight is 311 g/mol. The zero-order valence-electron chi connectivity index (χ0n) is 11.6. The standard InChI is InChI=1S/C14H15ClN2O4/c1-17(8-10-5-6-21-16-10)13(14(18)19)11-7-9(15)3-4-12(11)20-2/h3-7,13H,8H2,1-2H3,(H,18,19)/t13-/m1/s1. The van der Waals surface area contributed by atoms with Gasteiger partial charge in [-0.3, -0.25) is 9.69 Å². The molecule has 0 saturated heterocycles. The number of ether oxygens (including phenoxy) is 1. The molecule has 0 spiro atoms. The van der Waals surface area contributed by atoms with Crippen molar-refractivity contribution < 1.29 is 19.2 Å². The monoisotopic (exact) mass is 310 g/mol. The van der Waals surface area contributed by atoms with E-state index in [1.807, 2.05) is 0 Å². The summed E-state index contributed by atoms with van der Waals surface area (Å²) in [5, 5.41) is 13.8. The number of carboxylic acid groups (broad SMARTS) is 1. The Kier molecular flexibility index (Phi) is 4.82. The molecular formula is C14H15ClN2O4. The Hall–Kier alpha value is -2.05. The van der Waals surface area contributed by atoms with Gasteiger partial charge >= 0.3 is 5.97 Å². The van der Waals surface area contributed by atoms with E-state index < -0.39 is 12.0 Å². The predicted octanol–water partition coefficient (Wildman–Crippen LogP) is 2.59. The number of carboxylic acids is 1. The van der Waals surface area contributed by atoms with Gasteiger partial charge in [-0.1, -0.05) is 16.8 Å². The van der Waals surface area contributed by atoms with E-state index in [0.717, 1.165) is 0 Å². The summed E-state index contributed by atoms with van der Waals surface area (Å²) in [4.78, 5) is 13.3. The van der Waals surface area contributed by atoms with Gasteiger partial charge in [-0.25, -0.2) is 0 Å². The summed E-state index contributed by atoms with van der Waals surface area (Å²) in [7, 11) is 3.18. The first-order valence-corrected chi connectivity index (χ1v) is 6.56. The second-order valence-electron chi connectivity index (χ2n) is 4.53. The lowest BCUT2D eigenvalue weighted by molar-refractivity contribution is -0.143. The third kappa shape index (κ3) is 3.53. The topological polar surface area (TPSA) is 75.8 Å². The van der Waals surface area contributed by atoms with E-state index in [4.69, 9.17) is 20.9 Å². The van der Waals surface area contributed by atoms with Gasteiger partial charge in [0.1, 0.15) is 18.1 Å². The van der Waals surface area contributed by atoms with E-state index in [-0.39, 0.29) is 0 Å². The summed E-state index contributed by atoms with van der Waals surface area (Å²) < 4.78 is 9.99. The maximum Gasteiger partial charge on any atom is 0.325 e. The van der Waals surface area contributed by atoms with Crippen molar-refractivity contribution in [2.45, 2.75) is 12.6 Å². The van der Waals surface area contributed by atoms with Gasteiger partial charge in [0, 0.05) is 23.2 Å². The number of hydrogen-bond donors (Lipinski definition) is 1. The zero-order chi connectivity index (χ0) is 15.4. The fourth-order valence-electron chi connectivity index (χ4n) is 2.14. The molecule has 0 aliphatic heterocycles. The number of aliphatic carboxylic acids is 1. The Balaban J connectivity index is 2.34. The lowest BCUT2D eigenvalue weighted by Crippen LogP contribution is -2.31. The van der Waals surface area contributed by atoms with Crippen molar-refractivity contribution in [1.82, 2.24) is 10.1 Å². The summed E-state index contributed by atoms with van der Waals surface area (Å²) in [5.74, 6) is -0.527. The van der Waals surface area contributed by atoms with Crippen LogP contribution in [0.1, 0.15) is 17.3 Å². The summed E-state index contributed by atoms with van der Waals surface area (Å²) in [6, 6.07) is 5.68. The third-order valence-corrected chi connectivity index (χ3v) is 3.30. The molecule has 0 aliphatic carbocycles. The second-order valence-corrected chi connectivity index (χ2v) is 4.97. The number of carbonyl (C=O) groups is 1. The molecule has 0 amide bonds. The van der Waals surface area contributed by atoms with E-state index in [1.54, 1.807) is 36.2 Å². The quantitative estimate of drug-likeness (QED) is 0.884. The first-order chi connectivity index (χ1) is 10.0. The van der Waals surface area contributed by atoms with Crippen LogP contribution in [-0.4, -0.2) is 35.3 Å². The Morgan fingerprint density at radius 1 is 1.52 bits per heavy atom. The number of rotatable bonds is 6. The molecule has 0 saturated carbocycles. The predicted molar refractivity (Wildman–Crippen MR) is 76.4 cm³/mol. The largest absolute Gasteiger partial charge is 0.496 e. The van der Waals surface area contributed by atoms with Crippen molar-refractivity contribution in [3.8, 4) is 5.75 Å². The highest BCUT2D eigenvalue weighted by Gasteiger charge is 2.28. The molecule has 7 heteroatoms. The number of halogens is 1. The molecule has 0 fully saturated rings. The van der Waals surface area contributed by atoms with E-state index in [0.29, 0.717) is 28.6 Å². The molecule has 2 rings (SSSR count). The molecule has 21 heavy (non-hydrogen) atoms. The minimum atomic E-state index is -0.999. The van der Waals surface area contributed by atoms with Crippen LogP contribution in [0.25, 0.3) is 0 Å². The molecule has 6 nitrogen and oxygen atoms in total. The van der Waals surface area contributed by atoms with Crippen LogP contribution in [0, 0.1) is 0 Å². The van der Waals surface area contributed by atoms with Crippen molar-refractivity contribution in [3.63, 3.8) is 0 Å². The normalized spacial score (nSPS) is 12.4. The molecule has 1 aromatic heterocycles. The molecular weight excluding hydrogens is 296 g/mol. The van der Waals surface area contributed by atoms with Gasteiger partial charge in [0.15, 0.2) is 0 Å². The molecule has 0 radical (unpaired) electrons. The van der Waals surface area contributed by atoms with Gasteiger partial charge in [-0.15, -0.1) is 0 Å². The van der Waals surface area contributed by atoms with Gasteiger partial charge in [0.2, 0.25) is 0 Å². The maximum atomic E-state index is 11.7. The third-order valence-electron chi connectivity index (χ3n) is 3.06. The van der Waals surface area contributed by atoms with Crippen molar-refractivity contribution in [3.05, 3.63) is 46.8 Å². The first kappa shape index (κ1) is 15.3. The number of methoxy groups -OCH3 is 1. The Bertz CT molecular complexity index is 615. The fourth-order valence-corrected chi connectivity index (χ4v) is 2.32. The van der Waals surface area contributed by atoms with Crippen molar-refractivity contribution in [1.29, 1.82) is 0 Å². The van der Waals surface area contributed by atoms with Crippen molar-refractivity contribution >= 4 is 17.6 Å². The van der Waals surface area contributed by atoms with E-state index in [2.05, 4.69) is 5.16 Å². The highest BCUT2D eigenvalue weighted by atomic mass is 35.5. The molecule has 1 atom stereocenters. The Labute approximate surface area is 126 Å². The van der Waals surface area contributed by atoms with Crippen LogP contribution >= 0.6 is 11.6 Å². The number of hydrogen-bond acceptors (Lipinski definition) is 5. The molecule has 0 aliphatic rings. The van der Waals surface area contributed by atoms with E-state index in [1.165, 1.54) is 13.4 Å². The Morgan fingerprint density at radius 3 is 2.86 bits per heavy atom. The lowest BCUT2D eigenvalue weighted by atomic mass is 10.0. The van der Waals surface area contributed by atoms with Gasteiger partial charge in [-0.2, -0.15) is 0 Å². The van der Waals surface area contributed by atoms with Crippen LogP contribution in [0.15, 0.2) is 35.1 Å².